The van der Waals surface area contributed by atoms with Gasteiger partial charge in [0.05, 0.1) is 12.2 Å². The smallest absolute Gasteiger partial charge is 0.482 e. The number of amides is 2. The minimum atomic E-state index is -5.08. The molecule has 2 aliphatic heterocycles. The molecule has 2 amide bonds. The lowest BCUT2D eigenvalue weighted by atomic mass is 10.2. The first-order valence-corrected chi connectivity index (χ1v) is 11.0. The molecule has 178 valence electrons. The van der Waals surface area contributed by atoms with Gasteiger partial charge in [-0.05, 0) is 22.0 Å². The fourth-order valence-corrected chi connectivity index (χ4v) is 5.17. The fraction of sp³-hybridized carbons (Fsp3) is 0.438. The number of hydrogen-bond donors (Lipinski definition) is 3. The van der Waals surface area contributed by atoms with Gasteiger partial charge >= 0.3 is 12.1 Å². The summed E-state index contributed by atoms with van der Waals surface area (Å²) in [6, 6.07) is 2.90. The van der Waals surface area contributed by atoms with Crippen molar-refractivity contribution >= 4 is 49.4 Å². The summed E-state index contributed by atoms with van der Waals surface area (Å²) in [5.41, 5.74) is 5.75. The highest BCUT2D eigenvalue weighted by Crippen LogP contribution is 2.37. The molecule has 32 heavy (non-hydrogen) atoms. The fourth-order valence-electron chi connectivity index (χ4n) is 2.73. The molecule has 0 aliphatic carbocycles. The Balaban J connectivity index is 0.000000451. The lowest BCUT2D eigenvalue weighted by Crippen LogP contribution is -2.51. The predicted octanol–water partition coefficient (Wildman–Crippen LogP) is 0.205. The number of alkyl halides is 3. The van der Waals surface area contributed by atoms with Crippen molar-refractivity contribution in [2.24, 2.45) is 5.73 Å². The van der Waals surface area contributed by atoms with Crippen molar-refractivity contribution in [2.75, 3.05) is 44.6 Å². The van der Waals surface area contributed by atoms with Crippen LogP contribution >= 0.6 is 15.9 Å². The number of anilines is 1. The standard InChI is InChI=1S/C14H17BrN4O5S.C2HF3O2/c15-9-5-10-11(24-8-13(20)17-10)6-12(9)25(22,23)19-3-1-18(2-4-19)14(21)7-16;3-2(4,5)1(6)7/h5-6H,1-4,7-8,16H2,(H,17,20);(H,6,7). The number of fused-ring (bicyclic) bond motifs is 1. The summed E-state index contributed by atoms with van der Waals surface area (Å²) in [6.07, 6.45) is -5.08. The van der Waals surface area contributed by atoms with Crippen LogP contribution in [-0.4, -0.2) is 86.0 Å². The third-order valence-electron chi connectivity index (χ3n) is 4.29. The van der Waals surface area contributed by atoms with Crippen LogP contribution in [-0.2, 0) is 24.4 Å². The van der Waals surface area contributed by atoms with Gasteiger partial charge in [-0.1, -0.05) is 0 Å². The van der Waals surface area contributed by atoms with Crippen LogP contribution in [0.15, 0.2) is 21.5 Å². The van der Waals surface area contributed by atoms with Gasteiger partial charge in [0.1, 0.15) is 10.6 Å². The molecule has 0 atom stereocenters. The summed E-state index contributed by atoms with van der Waals surface area (Å²) in [7, 11) is -3.77. The van der Waals surface area contributed by atoms with E-state index in [0.29, 0.717) is 29.0 Å². The quantitative estimate of drug-likeness (QED) is 0.484. The molecule has 0 unspecified atom stereocenters. The van der Waals surface area contributed by atoms with Gasteiger partial charge in [0.15, 0.2) is 6.61 Å². The summed E-state index contributed by atoms with van der Waals surface area (Å²) in [4.78, 5) is 33.5. The summed E-state index contributed by atoms with van der Waals surface area (Å²) in [5.74, 6) is -2.95. The first-order valence-electron chi connectivity index (χ1n) is 8.81. The molecule has 1 saturated heterocycles. The van der Waals surface area contributed by atoms with E-state index in [1.165, 1.54) is 16.4 Å². The molecular weight excluding hydrogens is 529 g/mol. The highest BCUT2D eigenvalue weighted by atomic mass is 79.9. The minimum absolute atomic E-state index is 0.0565. The van der Waals surface area contributed by atoms with Crippen LogP contribution < -0.4 is 15.8 Å². The number of carbonyl (C=O) groups excluding carboxylic acids is 2. The van der Waals surface area contributed by atoms with Gasteiger partial charge in [-0.25, -0.2) is 13.2 Å². The number of sulfonamides is 1. The second-order valence-corrected chi connectivity index (χ2v) is 9.17. The second kappa shape index (κ2) is 10.0. The van der Waals surface area contributed by atoms with Crippen molar-refractivity contribution in [3.63, 3.8) is 0 Å². The van der Waals surface area contributed by atoms with Gasteiger partial charge in [-0.15, -0.1) is 0 Å². The third-order valence-corrected chi connectivity index (χ3v) is 7.15. The lowest BCUT2D eigenvalue weighted by Gasteiger charge is -2.34. The molecule has 0 radical (unpaired) electrons. The van der Waals surface area contributed by atoms with Crippen LogP contribution in [0.2, 0.25) is 0 Å². The number of hydrogen-bond acceptors (Lipinski definition) is 7. The van der Waals surface area contributed by atoms with E-state index in [2.05, 4.69) is 21.2 Å². The van der Waals surface area contributed by atoms with Crippen LogP contribution in [0.3, 0.4) is 0 Å². The van der Waals surface area contributed by atoms with Crippen LogP contribution in [0.25, 0.3) is 0 Å². The third kappa shape index (κ3) is 6.08. The van der Waals surface area contributed by atoms with Crippen molar-refractivity contribution in [3.8, 4) is 5.75 Å². The normalized spacial score (nSPS) is 16.8. The number of halogens is 4. The van der Waals surface area contributed by atoms with E-state index in [1.807, 2.05) is 0 Å². The molecule has 0 spiro atoms. The number of rotatable bonds is 3. The zero-order valence-electron chi connectivity index (χ0n) is 16.2. The van der Waals surface area contributed by atoms with Crippen molar-refractivity contribution in [1.82, 2.24) is 9.21 Å². The molecule has 4 N–H and O–H groups in total. The average Bonchev–Trinajstić information content (AvgIpc) is 2.72. The molecule has 2 heterocycles. The number of nitrogens with zero attached hydrogens (tertiary/aromatic N) is 2. The van der Waals surface area contributed by atoms with Crippen molar-refractivity contribution in [3.05, 3.63) is 16.6 Å². The molecule has 1 aromatic rings. The zero-order chi connectivity index (χ0) is 24.3. The number of carboxylic acids is 1. The number of carboxylic acid groups (broad SMARTS) is 1. The van der Waals surface area contributed by atoms with Crippen LogP contribution in [0, 0.1) is 0 Å². The first kappa shape index (κ1) is 25.8. The van der Waals surface area contributed by atoms with E-state index < -0.39 is 22.2 Å². The number of ether oxygens (including phenoxy) is 1. The van der Waals surface area contributed by atoms with Crippen molar-refractivity contribution in [1.29, 1.82) is 0 Å². The van der Waals surface area contributed by atoms with Crippen molar-refractivity contribution < 1.29 is 45.8 Å². The number of piperazine rings is 1. The lowest BCUT2D eigenvalue weighted by molar-refractivity contribution is -0.192. The Morgan fingerprint density at radius 3 is 2.28 bits per heavy atom. The maximum Gasteiger partial charge on any atom is 0.490 e. The Bertz CT molecular complexity index is 1010. The molecule has 3 rings (SSSR count). The van der Waals surface area contributed by atoms with Crippen LogP contribution in [0.5, 0.6) is 5.75 Å². The first-order chi connectivity index (χ1) is 14.8. The van der Waals surface area contributed by atoms with Crippen LogP contribution in [0.1, 0.15) is 0 Å². The maximum atomic E-state index is 12.9. The largest absolute Gasteiger partial charge is 0.490 e. The maximum absolute atomic E-state index is 12.9. The summed E-state index contributed by atoms with van der Waals surface area (Å²) < 4.78 is 64.5. The highest BCUT2D eigenvalue weighted by Gasteiger charge is 2.38. The van der Waals surface area contributed by atoms with E-state index in [1.54, 1.807) is 4.90 Å². The summed E-state index contributed by atoms with van der Waals surface area (Å²) in [5, 5.41) is 9.75. The minimum Gasteiger partial charge on any atom is -0.482 e. The molecule has 1 aromatic carbocycles. The number of benzene rings is 1. The second-order valence-electron chi connectivity index (χ2n) is 6.41. The number of nitrogens with one attached hydrogen (secondary N) is 1. The zero-order valence-corrected chi connectivity index (χ0v) is 18.6. The number of aliphatic carboxylic acids is 1. The molecule has 2 aliphatic rings. The predicted molar refractivity (Wildman–Crippen MR) is 106 cm³/mol. The average molecular weight is 547 g/mol. The SMILES string of the molecule is NCC(=O)N1CCN(S(=O)(=O)c2cc3c(cc2Br)NC(=O)CO3)CC1.O=C(O)C(F)(F)F. The van der Waals surface area contributed by atoms with E-state index in [0.717, 1.165) is 0 Å². The molecule has 1 fully saturated rings. The Morgan fingerprint density at radius 1 is 1.22 bits per heavy atom. The topological polar surface area (TPSA) is 159 Å². The van der Waals surface area contributed by atoms with E-state index >= 15 is 0 Å². The Kier molecular flexibility index (Phi) is 8.08. The molecule has 0 aromatic heterocycles. The van der Waals surface area contributed by atoms with Crippen molar-refractivity contribution in [2.45, 2.75) is 11.1 Å². The Morgan fingerprint density at radius 2 is 1.78 bits per heavy atom. The van der Waals surface area contributed by atoms with Gasteiger partial charge in [-0.3, -0.25) is 9.59 Å². The van der Waals surface area contributed by atoms with Gasteiger partial charge in [0.25, 0.3) is 5.91 Å². The van der Waals surface area contributed by atoms with E-state index in [4.69, 9.17) is 20.4 Å². The number of nitrogens with two attached hydrogens (primary N) is 1. The molecule has 16 heteroatoms. The van der Waals surface area contributed by atoms with Gasteiger partial charge < -0.3 is 25.8 Å². The molecular formula is C16H18BrF3N4O7S. The highest BCUT2D eigenvalue weighted by molar-refractivity contribution is 9.10. The monoisotopic (exact) mass is 546 g/mol. The molecule has 0 bridgehead atoms. The summed E-state index contributed by atoms with van der Waals surface area (Å²) in [6.45, 7) is 0.722. The molecule has 11 nitrogen and oxygen atoms in total. The molecule has 0 saturated carbocycles. The Hall–Kier alpha value is -2.43. The van der Waals surface area contributed by atoms with Gasteiger partial charge in [0.2, 0.25) is 15.9 Å². The Labute approximate surface area is 188 Å². The van der Waals surface area contributed by atoms with Crippen LogP contribution in [0.4, 0.5) is 18.9 Å². The summed E-state index contributed by atoms with van der Waals surface area (Å²) >= 11 is 3.25. The van der Waals surface area contributed by atoms with E-state index in [9.17, 15) is 31.2 Å². The number of carbonyl (C=O) groups is 3. The van der Waals surface area contributed by atoms with Gasteiger partial charge in [0, 0.05) is 36.7 Å². The van der Waals surface area contributed by atoms with Gasteiger partial charge in [-0.2, -0.15) is 17.5 Å². The van der Waals surface area contributed by atoms with E-state index in [-0.39, 0.29) is 43.0 Å².